The third-order valence-electron chi connectivity index (χ3n) is 4.86. The van der Waals surface area contributed by atoms with Crippen LogP contribution >= 0.6 is 11.6 Å². The largest absolute Gasteiger partial charge is 0.325 e. The second kappa shape index (κ2) is 6.50. The van der Waals surface area contributed by atoms with Crippen molar-refractivity contribution >= 4 is 17.3 Å². The van der Waals surface area contributed by atoms with Gasteiger partial charge in [0.05, 0.1) is 11.0 Å². The number of aromatic nitrogens is 2. The van der Waals surface area contributed by atoms with Crippen molar-refractivity contribution in [2.45, 2.75) is 56.8 Å². The summed E-state index contributed by atoms with van der Waals surface area (Å²) in [5.74, 6) is 0. The zero-order valence-electron chi connectivity index (χ0n) is 12.3. The third-order valence-corrected chi connectivity index (χ3v) is 5.22. The molecular formula is C14H20ClFN4O2. The van der Waals surface area contributed by atoms with Gasteiger partial charge in [0.2, 0.25) is 5.15 Å². The van der Waals surface area contributed by atoms with Crippen LogP contribution in [0.15, 0.2) is 6.20 Å². The van der Waals surface area contributed by atoms with E-state index in [2.05, 4.69) is 10.00 Å². The molecule has 2 fully saturated rings. The van der Waals surface area contributed by atoms with Gasteiger partial charge in [-0.2, -0.15) is 5.10 Å². The molecule has 22 heavy (non-hydrogen) atoms. The van der Waals surface area contributed by atoms with Crippen molar-refractivity contribution in [2.75, 3.05) is 13.1 Å². The average molecular weight is 331 g/mol. The Balaban J connectivity index is 1.69. The van der Waals surface area contributed by atoms with Crippen LogP contribution in [0.5, 0.6) is 0 Å². The molecule has 1 saturated heterocycles. The molecule has 1 aliphatic heterocycles. The lowest BCUT2D eigenvalue weighted by atomic mass is 9.91. The van der Waals surface area contributed by atoms with Gasteiger partial charge in [-0.15, -0.1) is 0 Å². The fourth-order valence-corrected chi connectivity index (χ4v) is 3.95. The molecule has 1 aromatic rings. The maximum atomic E-state index is 14.6. The Morgan fingerprint density at radius 3 is 2.64 bits per heavy atom. The summed E-state index contributed by atoms with van der Waals surface area (Å²) in [6, 6.07) is -0.0311. The van der Waals surface area contributed by atoms with Crippen LogP contribution in [0.25, 0.3) is 0 Å². The summed E-state index contributed by atoms with van der Waals surface area (Å²) in [6.45, 7) is 1.15. The normalized spacial score (nSPS) is 27.9. The molecule has 2 atom stereocenters. The molecule has 0 bridgehead atoms. The Kier molecular flexibility index (Phi) is 4.63. The van der Waals surface area contributed by atoms with E-state index in [-0.39, 0.29) is 10.8 Å². The van der Waals surface area contributed by atoms with Crippen LogP contribution < -0.4 is 0 Å². The summed E-state index contributed by atoms with van der Waals surface area (Å²) < 4.78 is 15.9. The molecule has 0 N–H and O–H groups in total. The molecule has 2 aliphatic rings. The van der Waals surface area contributed by atoms with Gasteiger partial charge in [-0.3, -0.25) is 15.0 Å². The molecule has 0 aromatic carbocycles. The highest BCUT2D eigenvalue weighted by Crippen LogP contribution is 2.34. The van der Waals surface area contributed by atoms with Crippen molar-refractivity contribution in [3.63, 3.8) is 0 Å². The smallest absolute Gasteiger partial charge is 0.297 e. The fraction of sp³-hybridized carbons (Fsp3) is 0.786. The summed E-state index contributed by atoms with van der Waals surface area (Å²) in [7, 11) is 0. The van der Waals surface area contributed by atoms with Crippen LogP contribution in [-0.4, -0.2) is 44.9 Å². The number of piperidine rings is 1. The number of alkyl halides is 1. The Bertz CT molecular complexity index is 547. The number of nitrogens with zero attached hydrogens (tertiary/aromatic N) is 4. The molecule has 3 rings (SSSR count). The SMILES string of the molecule is O=[N+]([O-])c1cnn([C@@H]2CCN(C3CCCCC3)C[C@H]2F)c1Cl. The first-order valence-corrected chi connectivity index (χ1v) is 8.21. The quantitative estimate of drug-likeness (QED) is 0.629. The van der Waals surface area contributed by atoms with Gasteiger partial charge in [0.1, 0.15) is 12.4 Å². The van der Waals surface area contributed by atoms with Crippen LogP contribution in [0.3, 0.4) is 0 Å². The molecule has 8 heteroatoms. The van der Waals surface area contributed by atoms with Gasteiger partial charge >= 0.3 is 5.69 Å². The first kappa shape index (κ1) is 15.7. The highest BCUT2D eigenvalue weighted by molar-refractivity contribution is 6.31. The topological polar surface area (TPSA) is 64.2 Å². The summed E-state index contributed by atoms with van der Waals surface area (Å²) in [4.78, 5) is 12.5. The molecule has 0 amide bonds. The Morgan fingerprint density at radius 1 is 1.32 bits per heavy atom. The molecule has 1 saturated carbocycles. The van der Waals surface area contributed by atoms with Crippen molar-refractivity contribution < 1.29 is 9.31 Å². The van der Waals surface area contributed by atoms with E-state index >= 15 is 0 Å². The maximum Gasteiger partial charge on any atom is 0.325 e. The second-order valence-electron chi connectivity index (χ2n) is 6.18. The van der Waals surface area contributed by atoms with E-state index in [1.807, 2.05) is 0 Å². The van der Waals surface area contributed by atoms with E-state index in [4.69, 9.17) is 11.6 Å². The lowest BCUT2D eigenvalue weighted by Gasteiger charge is -2.40. The molecule has 6 nitrogen and oxygen atoms in total. The first-order chi connectivity index (χ1) is 10.6. The predicted octanol–water partition coefficient (Wildman–Crippen LogP) is 3.36. The molecule has 1 aromatic heterocycles. The lowest BCUT2D eigenvalue weighted by molar-refractivity contribution is -0.384. The van der Waals surface area contributed by atoms with Gasteiger partial charge in [-0.1, -0.05) is 30.9 Å². The van der Waals surface area contributed by atoms with Gasteiger partial charge in [-0.05, 0) is 19.3 Å². The Labute approximate surface area is 133 Å². The van der Waals surface area contributed by atoms with Gasteiger partial charge in [0.25, 0.3) is 0 Å². The number of rotatable bonds is 3. The summed E-state index contributed by atoms with van der Waals surface area (Å²) >= 11 is 5.98. The number of hydrogen-bond donors (Lipinski definition) is 0. The minimum Gasteiger partial charge on any atom is -0.297 e. The minimum absolute atomic E-state index is 0.0798. The maximum absolute atomic E-state index is 14.6. The summed E-state index contributed by atoms with van der Waals surface area (Å²) in [6.07, 6.45) is 6.58. The Morgan fingerprint density at radius 2 is 2.05 bits per heavy atom. The van der Waals surface area contributed by atoms with Crippen molar-refractivity contribution in [3.05, 3.63) is 21.5 Å². The predicted molar refractivity (Wildman–Crippen MR) is 80.9 cm³/mol. The van der Waals surface area contributed by atoms with E-state index in [0.29, 0.717) is 19.0 Å². The van der Waals surface area contributed by atoms with E-state index in [0.717, 1.165) is 25.6 Å². The van der Waals surface area contributed by atoms with Gasteiger partial charge in [0.15, 0.2) is 0 Å². The van der Waals surface area contributed by atoms with Gasteiger partial charge in [-0.25, -0.2) is 9.07 Å². The average Bonchev–Trinajstić information content (AvgIpc) is 2.90. The lowest BCUT2D eigenvalue weighted by Crippen LogP contribution is -2.48. The van der Waals surface area contributed by atoms with Crippen LogP contribution in [0.2, 0.25) is 5.15 Å². The first-order valence-electron chi connectivity index (χ1n) is 7.83. The summed E-state index contributed by atoms with van der Waals surface area (Å²) in [5.41, 5.74) is -0.261. The van der Waals surface area contributed by atoms with Crippen LogP contribution in [0.1, 0.15) is 44.6 Å². The van der Waals surface area contributed by atoms with Crippen molar-refractivity contribution in [3.8, 4) is 0 Å². The minimum atomic E-state index is -1.10. The van der Waals surface area contributed by atoms with Crippen molar-refractivity contribution in [2.24, 2.45) is 0 Å². The van der Waals surface area contributed by atoms with Crippen molar-refractivity contribution in [1.82, 2.24) is 14.7 Å². The molecule has 0 unspecified atom stereocenters. The highest BCUT2D eigenvalue weighted by atomic mass is 35.5. The molecule has 122 valence electrons. The third kappa shape index (κ3) is 2.96. The zero-order chi connectivity index (χ0) is 15.7. The van der Waals surface area contributed by atoms with Gasteiger partial charge < -0.3 is 0 Å². The standard InChI is InChI=1S/C14H20ClFN4O2/c15-14-13(20(21)22)8-17-19(14)12-6-7-18(9-11(12)16)10-4-2-1-3-5-10/h8,10-12H,1-7,9H2/t11-,12-/m1/s1. The monoisotopic (exact) mass is 330 g/mol. The second-order valence-corrected chi connectivity index (χ2v) is 6.54. The van der Waals surface area contributed by atoms with Crippen LogP contribution in [0.4, 0.5) is 10.1 Å². The molecule has 1 aliphatic carbocycles. The number of halogens is 2. The van der Waals surface area contributed by atoms with Crippen LogP contribution in [0, 0.1) is 10.1 Å². The van der Waals surface area contributed by atoms with Crippen molar-refractivity contribution in [1.29, 1.82) is 0 Å². The van der Waals surface area contributed by atoms with E-state index in [1.54, 1.807) is 0 Å². The summed E-state index contributed by atoms with van der Waals surface area (Å²) in [5, 5.41) is 14.7. The Hall–Kier alpha value is -1.21. The van der Waals surface area contributed by atoms with E-state index in [9.17, 15) is 14.5 Å². The number of hydrogen-bond acceptors (Lipinski definition) is 4. The number of likely N-dealkylation sites (tertiary alicyclic amines) is 1. The van der Waals surface area contributed by atoms with E-state index < -0.39 is 17.1 Å². The molecular weight excluding hydrogens is 311 g/mol. The zero-order valence-corrected chi connectivity index (χ0v) is 13.1. The number of nitro groups is 1. The van der Waals surface area contributed by atoms with Crippen LogP contribution in [-0.2, 0) is 0 Å². The molecule has 0 spiro atoms. The molecule has 0 radical (unpaired) electrons. The molecule has 2 heterocycles. The van der Waals surface area contributed by atoms with E-state index in [1.165, 1.54) is 23.9 Å². The highest BCUT2D eigenvalue weighted by Gasteiger charge is 2.36. The van der Waals surface area contributed by atoms with Gasteiger partial charge in [0, 0.05) is 19.1 Å². The fourth-order valence-electron chi connectivity index (χ4n) is 3.66.